The van der Waals surface area contributed by atoms with Crippen LogP contribution in [0.1, 0.15) is 0 Å². The van der Waals surface area contributed by atoms with Crippen LogP contribution in [0.3, 0.4) is 0 Å². The van der Waals surface area contributed by atoms with Crippen LogP contribution < -0.4 is 10.6 Å². The summed E-state index contributed by atoms with van der Waals surface area (Å²) in [4.78, 5) is 11.6. The molecule has 0 bridgehead atoms. The normalized spacial score (nSPS) is 10.1. The van der Waals surface area contributed by atoms with Crippen molar-refractivity contribution in [3.05, 3.63) is 36.9 Å². The molecule has 7 heteroatoms. The molecule has 0 fully saturated rings. The van der Waals surface area contributed by atoms with Crippen molar-refractivity contribution in [1.82, 2.24) is 25.9 Å². The van der Waals surface area contributed by atoms with Gasteiger partial charge in [-0.15, -0.1) is 16.8 Å². The number of aromatic nitrogens is 4. The Hall–Kier alpha value is -2.54. The zero-order valence-electron chi connectivity index (χ0n) is 10.3. The highest BCUT2D eigenvalue weighted by Crippen LogP contribution is 2.17. The van der Waals surface area contributed by atoms with Crippen LogP contribution in [0, 0.1) is 0 Å². The molecule has 1 aromatic carbocycles. The van der Waals surface area contributed by atoms with Crippen LogP contribution in [0.5, 0.6) is 0 Å². The second-order valence-electron chi connectivity index (χ2n) is 3.78. The van der Waals surface area contributed by atoms with Crippen molar-refractivity contribution >= 4 is 11.6 Å². The predicted molar refractivity (Wildman–Crippen MR) is 71.3 cm³/mol. The molecule has 0 spiro atoms. The maximum atomic E-state index is 11.6. The first-order chi connectivity index (χ1) is 9.29. The largest absolute Gasteiger partial charge is 0.325 e. The monoisotopic (exact) mass is 258 g/mol. The van der Waals surface area contributed by atoms with Crippen molar-refractivity contribution in [2.75, 3.05) is 18.4 Å². The zero-order valence-corrected chi connectivity index (χ0v) is 10.3. The molecule has 1 aromatic heterocycles. The quantitative estimate of drug-likeness (QED) is 0.520. The van der Waals surface area contributed by atoms with Crippen molar-refractivity contribution in [3.63, 3.8) is 0 Å². The van der Waals surface area contributed by atoms with Gasteiger partial charge >= 0.3 is 0 Å². The van der Waals surface area contributed by atoms with Gasteiger partial charge in [-0.05, 0) is 17.3 Å². The van der Waals surface area contributed by atoms with Gasteiger partial charge in [-0.2, -0.15) is 5.21 Å². The molecule has 19 heavy (non-hydrogen) atoms. The van der Waals surface area contributed by atoms with Gasteiger partial charge in [-0.3, -0.25) is 4.79 Å². The number of aromatic amines is 1. The van der Waals surface area contributed by atoms with E-state index in [1.54, 1.807) is 18.2 Å². The number of anilines is 1. The van der Waals surface area contributed by atoms with E-state index >= 15 is 0 Å². The third kappa shape index (κ3) is 3.71. The molecule has 0 atom stereocenters. The van der Waals surface area contributed by atoms with Gasteiger partial charge in [0.15, 0.2) is 0 Å². The molecule has 0 saturated heterocycles. The number of benzene rings is 1. The molecule has 0 aliphatic carbocycles. The minimum absolute atomic E-state index is 0.118. The number of hydrogen-bond acceptors (Lipinski definition) is 5. The minimum Gasteiger partial charge on any atom is -0.325 e. The van der Waals surface area contributed by atoms with Crippen LogP contribution in [-0.2, 0) is 4.79 Å². The van der Waals surface area contributed by atoms with Crippen LogP contribution in [0.15, 0.2) is 36.9 Å². The van der Waals surface area contributed by atoms with Gasteiger partial charge in [0.2, 0.25) is 11.7 Å². The summed E-state index contributed by atoms with van der Waals surface area (Å²) in [5.74, 6) is 0.369. The average Bonchev–Trinajstić information content (AvgIpc) is 2.93. The number of carbonyl (C=O) groups excluding carboxylic acids is 1. The van der Waals surface area contributed by atoms with Gasteiger partial charge in [-0.25, -0.2) is 0 Å². The number of hydrogen-bond donors (Lipinski definition) is 3. The molecule has 1 amide bonds. The molecule has 1 heterocycles. The van der Waals surface area contributed by atoms with Crippen LogP contribution in [0.2, 0.25) is 0 Å². The lowest BCUT2D eigenvalue weighted by Gasteiger charge is -2.06. The molecule has 2 aromatic rings. The summed E-state index contributed by atoms with van der Waals surface area (Å²) in [7, 11) is 0. The number of H-pyrrole nitrogens is 1. The average molecular weight is 258 g/mol. The van der Waals surface area contributed by atoms with E-state index in [1.807, 2.05) is 12.1 Å². The summed E-state index contributed by atoms with van der Waals surface area (Å²) < 4.78 is 0. The van der Waals surface area contributed by atoms with Crippen LogP contribution >= 0.6 is 0 Å². The van der Waals surface area contributed by atoms with E-state index in [2.05, 4.69) is 37.8 Å². The standard InChI is InChI=1S/C12H14N6O/c1-2-6-13-8-11(19)14-10-5-3-4-9(7-10)12-15-17-18-16-12/h2-5,7,13H,1,6,8H2,(H,14,19)(H,15,16,17,18). The Balaban J connectivity index is 1.99. The molecule has 0 aliphatic heterocycles. The lowest BCUT2D eigenvalue weighted by Crippen LogP contribution is -2.28. The molecule has 0 unspecified atom stereocenters. The van der Waals surface area contributed by atoms with Gasteiger partial charge in [0, 0.05) is 17.8 Å². The van der Waals surface area contributed by atoms with E-state index in [0.717, 1.165) is 5.56 Å². The van der Waals surface area contributed by atoms with E-state index in [1.165, 1.54) is 0 Å². The summed E-state index contributed by atoms with van der Waals surface area (Å²) in [6.45, 7) is 4.39. The van der Waals surface area contributed by atoms with E-state index in [0.29, 0.717) is 18.1 Å². The Bertz CT molecular complexity index is 551. The Morgan fingerprint density at radius 3 is 3.11 bits per heavy atom. The molecular weight excluding hydrogens is 244 g/mol. The first kappa shape index (κ1) is 12.9. The van der Waals surface area contributed by atoms with Gasteiger partial charge in [0.1, 0.15) is 0 Å². The molecule has 7 nitrogen and oxygen atoms in total. The highest BCUT2D eigenvalue weighted by molar-refractivity contribution is 5.92. The predicted octanol–water partition coefficient (Wildman–Crippen LogP) is 0.581. The maximum absolute atomic E-state index is 11.6. The number of rotatable bonds is 6. The zero-order chi connectivity index (χ0) is 13.5. The first-order valence-corrected chi connectivity index (χ1v) is 5.75. The molecular formula is C12H14N6O. The smallest absolute Gasteiger partial charge is 0.238 e. The topological polar surface area (TPSA) is 95.6 Å². The Labute approximate surface area is 110 Å². The van der Waals surface area contributed by atoms with Crippen LogP contribution in [-0.4, -0.2) is 39.6 Å². The van der Waals surface area contributed by atoms with Gasteiger partial charge in [0.05, 0.1) is 6.54 Å². The molecule has 3 N–H and O–H groups in total. The van der Waals surface area contributed by atoms with E-state index in [9.17, 15) is 4.79 Å². The second-order valence-corrected chi connectivity index (χ2v) is 3.78. The molecule has 0 radical (unpaired) electrons. The summed E-state index contributed by atoms with van der Waals surface area (Å²) in [5.41, 5.74) is 1.47. The van der Waals surface area contributed by atoms with Gasteiger partial charge in [0.25, 0.3) is 0 Å². The van der Waals surface area contributed by atoms with Crippen molar-refractivity contribution in [2.45, 2.75) is 0 Å². The number of tetrazole rings is 1. The molecule has 2 rings (SSSR count). The van der Waals surface area contributed by atoms with Crippen molar-refractivity contribution in [2.24, 2.45) is 0 Å². The SMILES string of the molecule is C=CCNCC(=O)Nc1cccc(-c2nn[nH]n2)c1. The highest BCUT2D eigenvalue weighted by atomic mass is 16.1. The van der Waals surface area contributed by atoms with E-state index in [4.69, 9.17) is 0 Å². The number of nitrogens with one attached hydrogen (secondary N) is 3. The lowest BCUT2D eigenvalue weighted by atomic mass is 10.2. The fourth-order valence-electron chi connectivity index (χ4n) is 1.51. The highest BCUT2D eigenvalue weighted by Gasteiger charge is 2.05. The number of nitrogens with zero attached hydrogens (tertiary/aromatic N) is 3. The van der Waals surface area contributed by atoms with Crippen molar-refractivity contribution in [3.8, 4) is 11.4 Å². The van der Waals surface area contributed by atoms with E-state index < -0.39 is 0 Å². The third-order valence-electron chi connectivity index (χ3n) is 2.32. The van der Waals surface area contributed by atoms with Crippen LogP contribution in [0.25, 0.3) is 11.4 Å². The Morgan fingerprint density at radius 2 is 2.37 bits per heavy atom. The summed E-state index contributed by atoms with van der Waals surface area (Å²) in [6, 6.07) is 7.25. The van der Waals surface area contributed by atoms with E-state index in [-0.39, 0.29) is 12.5 Å². The fourth-order valence-corrected chi connectivity index (χ4v) is 1.51. The van der Waals surface area contributed by atoms with Crippen molar-refractivity contribution < 1.29 is 4.79 Å². The summed E-state index contributed by atoms with van der Waals surface area (Å²) in [6.07, 6.45) is 1.70. The number of carbonyl (C=O) groups is 1. The maximum Gasteiger partial charge on any atom is 0.238 e. The number of amides is 1. The lowest BCUT2D eigenvalue weighted by molar-refractivity contribution is -0.115. The second kappa shape index (κ2) is 6.41. The molecule has 98 valence electrons. The van der Waals surface area contributed by atoms with Gasteiger partial charge in [-0.1, -0.05) is 18.2 Å². The third-order valence-corrected chi connectivity index (χ3v) is 2.32. The Morgan fingerprint density at radius 1 is 1.47 bits per heavy atom. The summed E-state index contributed by atoms with van der Waals surface area (Å²) in [5, 5.41) is 19.4. The summed E-state index contributed by atoms with van der Waals surface area (Å²) >= 11 is 0. The minimum atomic E-state index is -0.118. The van der Waals surface area contributed by atoms with Crippen molar-refractivity contribution in [1.29, 1.82) is 0 Å². The van der Waals surface area contributed by atoms with Gasteiger partial charge < -0.3 is 10.6 Å². The Kier molecular flexibility index (Phi) is 4.35. The van der Waals surface area contributed by atoms with Crippen LogP contribution in [0.4, 0.5) is 5.69 Å². The fraction of sp³-hybridized carbons (Fsp3) is 0.167. The first-order valence-electron chi connectivity index (χ1n) is 5.75. The molecule has 0 saturated carbocycles. The molecule has 0 aliphatic rings.